The Kier molecular flexibility index (Phi) is 6.19. The molecular formula is C23H35N5O2S. The van der Waals surface area contributed by atoms with Gasteiger partial charge in [0.05, 0.1) is 5.69 Å². The molecule has 1 aromatic rings. The maximum atomic E-state index is 12.9. The highest BCUT2D eigenvalue weighted by Crippen LogP contribution is 2.35. The number of amides is 2. The van der Waals surface area contributed by atoms with Crippen LogP contribution in [-0.2, 0) is 22.4 Å². The van der Waals surface area contributed by atoms with Crippen LogP contribution in [0.5, 0.6) is 0 Å². The normalized spacial score (nSPS) is 25.8. The summed E-state index contributed by atoms with van der Waals surface area (Å²) in [5.41, 5.74) is 1.19. The topological polar surface area (TPSA) is 68.8 Å². The van der Waals surface area contributed by atoms with Gasteiger partial charge in [-0.15, -0.1) is 11.3 Å². The van der Waals surface area contributed by atoms with Crippen molar-refractivity contribution in [2.75, 3.05) is 51.2 Å². The zero-order valence-corrected chi connectivity index (χ0v) is 19.5. The van der Waals surface area contributed by atoms with Crippen LogP contribution in [0.15, 0.2) is 0 Å². The quantitative estimate of drug-likeness (QED) is 0.767. The first-order chi connectivity index (χ1) is 15.1. The van der Waals surface area contributed by atoms with Crippen LogP contribution in [0.4, 0.5) is 5.13 Å². The van der Waals surface area contributed by atoms with Crippen molar-refractivity contribution in [1.29, 1.82) is 0 Å². The number of carbonyl (C=O) groups is 2. The van der Waals surface area contributed by atoms with E-state index >= 15 is 0 Å². The first-order valence-electron chi connectivity index (χ1n) is 12.1. The lowest BCUT2D eigenvalue weighted by atomic mass is 9.84. The van der Waals surface area contributed by atoms with Crippen molar-refractivity contribution in [3.63, 3.8) is 0 Å². The standard InChI is InChI=1S/C23H35N5O2S/c1-26-9-7-18(8-10-26)24-21(29)17-5-6-19-20(15-17)31-23(25-19)28-13-11-27(12-14-28)22(30)16-3-2-4-16/h16-18H,2-15H2,1H3,(H,24,29)/t17-/m0/s1. The van der Waals surface area contributed by atoms with Crippen molar-refractivity contribution in [2.45, 2.75) is 57.4 Å². The summed E-state index contributed by atoms with van der Waals surface area (Å²) < 4.78 is 0. The summed E-state index contributed by atoms with van der Waals surface area (Å²) >= 11 is 1.77. The fourth-order valence-corrected chi connectivity index (χ4v) is 6.46. The van der Waals surface area contributed by atoms with E-state index in [-0.39, 0.29) is 17.7 Å². The number of piperidine rings is 1. The van der Waals surface area contributed by atoms with Gasteiger partial charge in [-0.2, -0.15) is 0 Å². The molecule has 5 rings (SSSR count). The minimum atomic E-state index is 0.0809. The Hall–Kier alpha value is -1.67. The summed E-state index contributed by atoms with van der Waals surface area (Å²) in [5, 5.41) is 4.40. The minimum absolute atomic E-state index is 0.0809. The number of anilines is 1. The molecule has 2 saturated heterocycles. The molecule has 1 saturated carbocycles. The Labute approximate surface area is 189 Å². The number of thiazole rings is 1. The van der Waals surface area contributed by atoms with E-state index in [2.05, 4.69) is 27.1 Å². The Morgan fingerprint density at radius 1 is 0.968 bits per heavy atom. The molecule has 4 aliphatic rings. The molecule has 0 bridgehead atoms. The summed E-state index contributed by atoms with van der Waals surface area (Å²) in [4.78, 5) is 38.3. The average Bonchev–Trinajstić information content (AvgIpc) is 3.17. The second-order valence-electron chi connectivity index (χ2n) is 9.83. The Morgan fingerprint density at radius 2 is 1.71 bits per heavy atom. The van der Waals surface area contributed by atoms with Crippen LogP contribution in [0.1, 0.15) is 49.1 Å². The molecule has 1 N–H and O–H groups in total. The maximum Gasteiger partial charge on any atom is 0.225 e. The molecule has 8 heteroatoms. The number of nitrogens with one attached hydrogen (secondary N) is 1. The summed E-state index contributed by atoms with van der Waals surface area (Å²) in [6, 6.07) is 0.334. The molecule has 3 fully saturated rings. The van der Waals surface area contributed by atoms with E-state index in [9.17, 15) is 9.59 Å². The number of carbonyl (C=O) groups excluding carboxylic acids is 2. The summed E-state index contributed by atoms with van der Waals surface area (Å²) in [7, 11) is 2.15. The molecule has 7 nitrogen and oxygen atoms in total. The Bertz CT molecular complexity index is 807. The largest absolute Gasteiger partial charge is 0.353 e. The number of aryl methyl sites for hydroxylation is 1. The highest BCUT2D eigenvalue weighted by atomic mass is 32.1. The number of fused-ring (bicyclic) bond motifs is 1. The summed E-state index contributed by atoms with van der Waals surface area (Å²) in [6.45, 7) is 5.48. The average molecular weight is 446 g/mol. The number of aromatic nitrogens is 1. The smallest absolute Gasteiger partial charge is 0.225 e. The van der Waals surface area contributed by atoms with Gasteiger partial charge in [-0.1, -0.05) is 6.42 Å². The van der Waals surface area contributed by atoms with Crippen LogP contribution in [-0.4, -0.2) is 79.0 Å². The van der Waals surface area contributed by atoms with E-state index in [1.807, 2.05) is 0 Å². The van der Waals surface area contributed by atoms with Gasteiger partial charge in [0.15, 0.2) is 5.13 Å². The molecule has 0 unspecified atom stereocenters. The van der Waals surface area contributed by atoms with Crippen LogP contribution >= 0.6 is 11.3 Å². The maximum absolute atomic E-state index is 12.9. The van der Waals surface area contributed by atoms with Crippen LogP contribution < -0.4 is 10.2 Å². The van der Waals surface area contributed by atoms with Crippen LogP contribution in [0.3, 0.4) is 0 Å². The fourth-order valence-electron chi connectivity index (χ4n) is 5.22. The zero-order valence-electron chi connectivity index (χ0n) is 18.6. The molecule has 2 aliphatic carbocycles. The monoisotopic (exact) mass is 445 g/mol. The predicted octanol–water partition coefficient (Wildman–Crippen LogP) is 1.91. The number of piperazine rings is 1. The van der Waals surface area contributed by atoms with Crippen molar-refractivity contribution in [3.05, 3.63) is 10.6 Å². The van der Waals surface area contributed by atoms with E-state index < -0.39 is 0 Å². The van der Waals surface area contributed by atoms with E-state index in [1.54, 1.807) is 11.3 Å². The highest BCUT2D eigenvalue weighted by molar-refractivity contribution is 7.15. The molecular weight excluding hydrogens is 410 g/mol. The Balaban J connectivity index is 1.14. The number of likely N-dealkylation sites (tertiary alicyclic amines) is 1. The van der Waals surface area contributed by atoms with Gasteiger partial charge in [0.2, 0.25) is 11.8 Å². The van der Waals surface area contributed by atoms with Crippen LogP contribution in [0, 0.1) is 11.8 Å². The van der Waals surface area contributed by atoms with E-state index in [0.717, 1.165) is 89.3 Å². The molecule has 1 atom stereocenters. The summed E-state index contributed by atoms with van der Waals surface area (Å²) in [6.07, 6.45) is 8.09. The summed E-state index contributed by atoms with van der Waals surface area (Å²) in [5.74, 6) is 0.967. The SMILES string of the molecule is CN1CCC(NC(=O)[C@H]2CCc3nc(N4CCN(C(=O)C5CCC5)CC4)sc3C2)CC1. The first-order valence-corrected chi connectivity index (χ1v) is 12.9. The van der Waals surface area contributed by atoms with E-state index in [4.69, 9.17) is 4.98 Å². The second-order valence-corrected chi connectivity index (χ2v) is 10.9. The van der Waals surface area contributed by atoms with Crippen molar-refractivity contribution in [2.24, 2.45) is 11.8 Å². The van der Waals surface area contributed by atoms with Crippen molar-refractivity contribution < 1.29 is 9.59 Å². The second kappa shape index (κ2) is 9.06. The first kappa shape index (κ1) is 21.2. The van der Waals surface area contributed by atoms with Gasteiger partial charge in [0.1, 0.15) is 0 Å². The minimum Gasteiger partial charge on any atom is -0.353 e. The van der Waals surface area contributed by atoms with Gasteiger partial charge in [0.25, 0.3) is 0 Å². The number of hydrogen-bond donors (Lipinski definition) is 1. The lowest BCUT2D eigenvalue weighted by molar-refractivity contribution is -0.138. The molecule has 2 amide bonds. The third kappa shape index (κ3) is 4.60. The van der Waals surface area contributed by atoms with Crippen molar-refractivity contribution >= 4 is 28.3 Å². The molecule has 1 aromatic heterocycles. The van der Waals surface area contributed by atoms with E-state index in [0.29, 0.717) is 11.9 Å². The van der Waals surface area contributed by atoms with Gasteiger partial charge in [0, 0.05) is 48.9 Å². The molecule has 2 aliphatic heterocycles. The van der Waals surface area contributed by atoms with Gasteiger partial charge in [-0.3, -0.25) is 9.59 Å². The molecule has 3 heterocycles. The van der Waals surface area contributed by atoms with E-state index in [1.165, 1.54) is 17.0 Å². The molecule has 0 radical (unpaired) electrons. The van der Waals surface area contributed by atoms with Gasteiger partial charge in [-0.05, 0) is 65.1 Å². The van der Waals surface area contributed by atoms with Gasteiger partial charge in [-0.25, -0.2) is 4.98 Å². The van der Waals surface area contributed by atoms with Gasteiger partial charge < -0.3 is 20.0 Å². The number of nitrogens with zero attached hydrogens (tertiary/aromatic N) is 4. The molecule has 31 heavy (non-hydrogen) atoms. The molecule has 0 aromatic carbocycles. The van der Waals surface area contributed by atoms with Crippen molar-refractivity contribution in [1.82, 2.24) is 20.1 Å². The third-order valence-electron chi connectivity index (χ3n) is 7.68. The van der Waals surface area contributed by atoms with Crippen molar-refractivity contribution in [3.8, 4) is 0 Å². The molecule has 0 spiro atoms. The predicted molar refractivity (Wildman–Crippen MR) is 122 cm³/mol. The fraction of sp³-hybridized carbons (Fsp3) is 0.783. The molecule has 170 valence electrons. The van der Waals surface area contributed by atoms with Gasteiger partial charge >= 0.3 is 0 Å². The lowest BCUT2D eigenvalue weighted by Gasteiger charge is -2.38. The van der Waals surface area contributed by atoms with Crippen LogP contribution in [0.25, 0.3) is 0 Å². The number of rotatable bonds is 4. The lowest BCUT2D eigenvalue weighted by Crippen LogP contribution is -2.51. The number of hydrogen-bond acceptors (Lipinski definition) is 6. The Morgan fingerprint density at radius 3 is 2.39 bits per heavy atom. The highest BCUT2D eigenvalue weighted by Gasteiger charge is 2.33. The zero-order chi connectivity index (χ0) is 21.4. The third-order valence-corrected chi connectivity index (χ3v) is 8.86. The van der Waals surface area contributed by atoms with Crippen LogP contribution in [0.2, 0.25) is 0 Å².